The Bertz CT molecular complexity index is 1310. The fourth-order valence-corrected chi connectivity index (χ4v) is 3.97. The molecule has 0 N–H and O–H groups in total. The molecule has 2 aromatic carbocycles. The highest BCUT2D eigenvalue weighted by Gasteiger charge is 2.39. The number of aryl methyl sites for hydroxylation is 1. The first-order chi connectivity index (χ1) is 14.8. The lowest BCUT2D eigenvalue weighted by Gasteiger charge is -2.24. The van der Waals surface area contributed by atoms with Crippen molar-refractivity contribution in [1.29, 1.82) is 0 Å². The number of anilines is 2. The Kier molecular flexibility index (Phi) is 3.17. The van der Waals surface area contributed by atoms with Gasteiger partial charge in [0.15, 0.2) is 0 Å². The first-order valence-corrected chi connectivity index (χ1v) is 9.43. The van der Waals surface area contributed by atoms with Crippen molar-refractivity contribution < 1.29 is 13.1 Å². The number of furan rings is 1. The van der Waals surface area contributed by atoms with E-state index in [1.54, 1.807) is 0 Å². The Labute approximate surface area is 169 Å². The van der Waals surface area contributed by atoms with Gasteiger partial charge in [-0.15, -0.1) is 0 Å². The minimum absolute atomic E-state index is 0.194. The summed E-state index contributed by atoms with van der Waals surface area (Å²) in [5.74, 6) is 3.34. The molecule has 136 valence electrons. The van der Waals surface area contributed by atoms with E-state index in [4.69, 9.17) is 8.53 Å². The first kappa shape index (κ1) is 13.8. The van der Waals surface area contributed by atoms with Gasteiger partial charge in [0.25, 0.3) is 11.7 Å². The van der Waals surface area contributed by atoms with Crippen LogP contribution in [0.3, 0.4) is 0 Å². The van der Waals surface area contributed by atoms with E-state index in [0.717, 1.165) is 22.3 Å². The van der Waals surface area contributed by atoms with Gasteiger partial charge in [0.2, 0.25) is 0 Å². The number of nitrogens with zero attached hydrogens (tertiary/aromatic N) is 2. The largest absolute Gasteiger partial charge is 0.423 e. The number of allylic oxidation sites excluding steroid dienone is 1. The average Bonchev–Trinajstić information content (AvgIpc) is 3.13. The molecular weight excluding hydrogens is 343 g/mol. The smallest absolute Gasteiger partial charge is 0.406 e. The van der Waals surface area contributed by atoms with Crippen LogP contribution < -0.4 is 9.38 Å². The lowest BCUT2D eigenvalue weighted by molar-refractivity contribution is -0.658. The normalized spacial score (nSPS) is 15.6. The molecule has 0 saturated heterocycles. The van der Waals surface area contributed by atoms with Crippen LogP contribution in [-0.4, -0.2) is 6.85 Å². The maximum atomic E-state index is 8.12. The molecule has 0 amide bonds. The molecule has 0 unspecified atom stereocenters. The zero-order valence-electron chi connectivity index (χ0n) is 18.9. The first-order valence-electron chi connectivity index (χ1n) is 10.9. The Hall–Kier alpha value is -3.27. The lowest BCUT2D eigenvalue weighted by atomic mass is 9.59. The topological polar surface area (TPSA) is 20.3 Å². The van der Waals surface area contributed by atoms with Gasteiger partial charge >= 0.3 is 6.85 Å². The average molecular weight is 368 g/mol. The zero-order chi connectivity index (χ0) is 21.8. The van der Waals surface area contributed by atoms with Crippen LogP contribution in [0.15, 0.2) is 83.3 Å². The van der Waals surface area contributed by atoms with Gasteiger partial charge in [0, 0.05) is 15.6 Å². The van der Waals surface area contributed by atoms with E-state index < -0.39 is 6.85 Å². The van der Waals surface area contributed by atoms with Gasteiger partial charge in [-0.2, -0.15) is 0 Å². The van der Waals surface area contributed by atoms with Gasteiger partial charge in [-0.3, -0.25) is 4.81 Å². The van der Waals surface area contributed by atoms with E-state index >= 15 is 0 Å². The molecule has 0 fully saturated rings. The minimum Gasteiger partial charge on any atom is -0.423 e. The van der Waals surface area contributed by atoms with Gasteiger partial charge in [-0.1, -0.05) is 54.5 Å². The second-order valence-corrected chi connectivity index (χ2v) is 7.22. The number of hydrogen-bond acceptors (Lipinski definition) is 2. The van der Waals surface area contributed by atoms with E-state index in [9.17, 15) is 0 Å². The third-order valence-electron chi connectivity index (χ3n) is 5.36. The molecule has 4 aromatic rings. The highest BCUT2D eigenvalue weighted by Crippen LogP contribution is 2.43. The predicted octanol–water partition coefficient (Wildman–Crippen LogP) is 5.64. The van der Waals surface area contributed by atoms with Crippen LogP contribution in [0, 0.1) is 0 Å². The molecule has 1 aliphatic rings. The SMILES string of the molecule is [2H]C([2H])([2H])C1=CB(C)N(c2cc(-c3ccccc3)cc[n+]2C)c2oc3ccccc3c21. The Morgan fingerprint density at radius 1 is 1.00 bits per heavy atom. The monoisotopic (exact) mass is 368 g/mol. The molecule has 3 heterocycles. The molecule has 28 heavy (non-hydrogen) atoms. The fraction of sp³-hybridized carbons (Fsp3) is 0.125. The molecule has 0 bridgehead atoms. The zero-order valence-corrected chi connectivity index (χ0v) is 15.9. The second kappa shape index (κ2) is 6.41. The summed E-state index contributed by atoms with van der Waals surface area (Å²) in [6.07, 6.45) is 2.02. The van der Waals surface area contributed by atoms with Crippen molar-refractivity contribution in [3.05, 3.63) is 84.5 Å². The number of fused-ring (bicyclic) bond motifs is 3. The molecule has 5 rings (SSSR count). The van der Waals surface area contributed by atoms with Crippen molar-refractivity contribution >= 4 is 35.1 Å². The maximum Gasteiger partial charge on any atom is 0.406 e. The van der Waals surface area contributed by atoms with Gasteiger partial charge in [-0.25, -0.2) is 4.57 Å². The molecule has 0 saturated carbocycles. The maximum absolute atomic E-state index is 8.12. The molecule has 3 nitrogen and oxygen atoms in total. The number of benzene rings is 2. The van der Waals surface area contributed by atoms with Crippen molar-refractivity contribution in [2.24, 2.45) is 7.05 Å². The lowest BCUT2D eigenvalue weighted by Crippen LogP contribution is -2.43. The Morgan fingerprint density at radius 2 is 1.79 bits per heavy atom. The Balaban J connectivity index is 1.75. The van der Waals surface area contributed by atoms with E-state index in [-0.39, 0.29) is 6.85 Å². The molecule has 0 radical (unpaired) electrons. The van der Waals surface area contributed by atoms with Crippen molar-refractivity contribution in [2.45, 2.75) is 13.7 Å². The summed E-state index contributed by atoms with van der Waals surface area (Å²) in [5, 5.41) is 0.818. The number of pyridine rings is 1. The molecule has 0 aliphatic carbocycles. The highest BCUT2D eigenvalue weighted by atomic mass is 16.4. The molecular formula is C24H22BN2O+. The predicted molar refractivity (Wildman–Crippen MR) is 117 cm³/mol. The van der Waals surface area contributed by atoms with Crippen LogP contribution in [0.1, 0.15) is 16.5 Å². The molecule has 0 spiro atoms. The van der Waals surface area contributed by atoms with Crippen molar-refractivity contribution in [3.63, 3.8) is 0 Å². The summed E-state index contributed by atoms with van der Waals surface area (Å²) in [6.45, 7) is -0.423. The van der Waals surface area contributed by atoms with Gasteiger partial charge in [-0.05, 0) is 42.5 Å². The van der Waals surface area contributed by atoms with Crippen molar-refractivity contribution in [1.82, 2.24) is 0 Å². The van der Waals surface area contributed by atoms with E-state index in [2.05, 4.69) is 29.1 Å². The summed E-state index contributed by atoms with van der Waals surface area (Å²) < 4.78 is 32.7. The van der Waals surface area contributed by atoms with Gasteiger partial charge in [0.05, 0.1) is 18.8 Å². The van der Waals surface area contributed by atoms with Crippen molar-refractivity contribution in [3.8, 4) is 11.1 Å². The summed E-state index contributed by atoms with van der Waals surface area (Å²) in [7, 11) is 1.99. The molecule has 2 aromatic heterocycles. The fourth-order valence-electron chi connectivity index (χ4n) is 3.97. The summed E-state index contributed by atoms with van der Waals surface area (Å²) >= 11 is 0. The number of rotatable bonds is 2. The molecule has 0 atom stereocenters. The van der Waals surface area contributed by atoms with Crippen LogP contribution in [-0.2, 0) is 7.05 Å². The second-order valence-electron chi connectivity index (χ2n) is 7.22. The summed E-state index contributed by atoms with van der Waals surface area (Å²) in [5.41, 5.74) is 3.89. The summed E-state index contributed by atoms with van der Waals surface area (Å²) in [4.78, 5) is 2.08. The van der Waals surface area contributed by atoms with E-state index in [0.29, 0.717) is 22.6 Å². The standard InChI is InChI=1S/C24H22BN2O/c1-17-16-25(2)27(24-23(17)20-11-7-8-12-21(20)28-24)22-15-19(13-14-26(22)3)18-9-5-4-6-10-18/h4-16H,1-3H3/q+1/i1D3. The van der Waals surface area contributed by atoms with E-state index in [1.165, 1.54) is 0 Å². The van der Waals surface area contributed by atoms with E-state index in [1.807, 2.05) is 73.1 Å². The van der Waals surface area contributed by atoms with Crippen LogP contribution >= 0.6 is 0 Å². The third-order valence-corrected chi connectivity index (χ3v) is 5.36. The highest BCUT2D eigenvalue weighted by molar-refractivity contribution is 6.70. The number of hydrogen-bond donors (Lipinski definition) is 0. The van der Waals surface area contributed by atoms with Gasteiger partial charge < -0.3 is 4.42 Å². The molecule has 1 aliphatic heterocycles. The number of para-hydroxylation sites is 1. The van der Waals surface area contributed by atoms with Crippen LogP contribution in [0.4, 0.5) is 11.7 Å². The third kappa shape index (κ3) is 2.56. The molecule has 4 heteroatoms. The van der Waals surface area contributed by atoms with Crippen LogP contribution in [0.25, 0.3) is 27.7 Å². The number of aromatic nitrogens is 1. The van der Waals surface area contributed by atoms with Crippen LogP contribution in [0.5, 0.6) is 0 Å². The van der Waals surface area contributed by atoms with Crippen LogP contribution in [0.2, 0.25) is 6.82 Å². The summed E-state index contributed by atoms with van der Waals surface area (Å²) in [6, 6.07) is 22.0. The van der Waals surface area contributed by atoms with Crippen molar-refractivity contribution in [2.75, 3.05) is 4.81 Å². The quantitative estimate of drug-likeness (QED) is 0.337. The van der Waals surface area contributed by atoms with Gasteiger partial charge in [0.1, 0.15) is 5.58 Å². The Morgan fingerprint density at radius 3 is 2.61 bits per heavy atom. The minimum atomic E-state index is -2.23.